The van der Waals surface area contributed by atoms with Crippen LogP contribution in [-0.2, 0) is 17.5 Å². The summed E-state index contributed by atoms with van der Waals surface area (Å²) in [7, 11) is 0. The molecule has 0 spiro atoms. The van der Waals surface area contributed by atoms with Crippen LogP contribution < -0.4 is 0 Å². The molecule has 120 valence electrons. The molecule has 1 saturated heterocycles. The third-order valence-electron chi connectivity index (χ3n) is 3.80. The lowest BCUT2D eigenvalue weighted by Crippen LogP contribution is -2.40. The van der Waals surface area contributed by atoms with Crippen molar-refractivity contribution in [2.45, 2.75) is 32.7 Å². The average molecular weight is 313 g/mol. The van der Waals surface area contributed by atoms with Crippen LogP contribution in [0.15, 0.2) is 12.1 Å². The zero-order valence-electron chi connectivity index (χ0n) is 12.5. The van der Waals surface area contributed by atoms with Crippen molar-refractivity contribution in [3.8, 4) is 0 Å². The molecule has 2 aromatic rings. The molecule has 1 atom stereocenters. The molecule has 0 unspecified atom stereocenters. The Morgan fingerprint density at radius 2 is 2.18 bits per heavy atom. The van der Waals surface area contributed by atoms with Crippen molar-refractivity contribution >= 4 is 11.0 Å². The number of ether oxygens (including phenoxy) is 1. The van der Waals surface area contributed by atoms with E-state index < -0.39 is 11.7 Å². The first-order chi connectivity index (χ1) is 10.3. The van der Waals surface area contributed by atoms with Crippen LogP contribution in [0.5, 0.6) is 0 Å². The van der Waals surface area contributed by atoms with Gasteiger partial charge in [0, 0.05) is 19.6 Å². The van der Waals surface area contributed by atoms with Crippen LogP contribution in [0.2, 0.25) is 0 Å². The maximum absolute atomic E-state index is 13.3. The highest BCUT2D eigenvalue weighted by Crippen LogP contribution is 2.35. The fourth-order valence-electron chi connectivity index (χ4n) is 2.90. The normalized spacial score (nSPS) is 20.7. The lowest BCUT2D eigenvalue weighted by Gasteiger charge is -2.31. The van der Waals surface area contributed by atoms with Gasteiger partial charge in [0.2, 0.25) is 0 Å². The number of morpholine rings is 1. The number of aromatic nitrogens is 2. The molecule has 1 N–H and O–H groups in total. The lowest BCUT2D eigenvalue weighted by atomic mass is 10.1. The molecule has 3 rings (SSSR count). The molecule has 1 aliphatic heterocycles. The number of hydrogen-bond acceptors (Lipinski definition) is 3. The molecule has 2 heterocycles. The molecule has 1 fully saturated rings. The van der Waals surface area contributed by atoms with Gasteiger partial charge in [-0.15, -0.1) is 0 Å². The number of halogens is 3. The second-order valence-electron chi connectivity index (χ2n) is 5.78. The number of hydrogen-bond donors (Lipinski definition) is 1. The molecule has 0 bridgehead atoms. The first-order valence-corrected chi connectivity index (χ1v) is 7.23. The second-order valence-corrected chi connectivity index (χ2v) is 5.78. The number of aryl methyl sites for hydroxylation is 1. The van der Waals surface area contributed by atoms with Crippen LogP contribution >= 0.6 is 0 Å². The molecule has 0 amide bonds. The Morgan fingerprint density at radius 3 is 2.86 bits per heavy atom. The van der Waals surface area contributed by atoms with Crippen LogP contribution in [0.4, 0.5) is 13.2 Å². The van der Waals surface area contributed by atoms with Crippen LogP contribution in [0, 0.1) is 6.92 Å². The largest absolute Gasteiger partial charge is 0.418 e. The van der Waals surface area contributed by atoms with E-state index in [9.17, 15) is 13.2 Å². The van der Waals surface area contributed by atoms with Crippen LogP contribution in [0.1, 0.15) is 23.9 Å². The van der Waals surface area contributed by atoms with Crippen molar-refractivity contribution in [3.05, 3.63) is 29.1 Å². The Morgan fingerprint density at radius 1 is 1.41 bits per heavy atom. The van der Waals surface area contributed by atoms with E-state index in [2.05, 4.69) is 14.9 Å². The molecule has 4 nitrogen and oxygen atoms in total. The highest BCUT2D eigenvalue weighted by Gasteiger charge is 2.34. The van der Waals surface area contributed by atoms with Gasteiger partial charge in [0.05, 0.1) is 23.8 Å². The average Bonchev–Trinajstić information content (AvgIpc) is 2.76. The Balaban J connectivity index is 1.96. The molecular weight excluding hydrogens is 295 g/mol. The van der Waals surface area contributed by atoms with Gasteiger partial charge in [-0.1, -0.05) is 0 Å². The summed E-state index contributed by atoms with van der Waals surface area (Å²) >= 11 is 0. The number of alkyl halides is 3. The van der Waals surface area contributed by atoms with Gasteiger partial charge in [0.1, 0.15) is 11.3 Å². The van der Waals surface area contributed by atoms with E-state index >= 15 is 0 Å². The summed E-state index contributed by atoms with van der Waals surface area (Å²) in [4.78, 5) is 8.98. The summed E-state index contributed by atoms with van der Waals surface area (Å²) < 4.78 is 45.2. The van der Waals surface area contributed by atoms with Gasteiger partial charge in [0.15, 0.2) is 0 Å². The van der Waals surface area contributed by atoms with E-state index in [0.29, 0.717) is 30.1 Å². The fraction of sp³-hybridized carbons (Fsp3) is 0.533. The topological polar surface area (TPSA) is 41.2 Å². The van der Waals surface area contributed by atoms with Crippen molar-refractivity contribution < 1.29 is 17.9 Å². The van der Waals surface area contributed by atoms with Gasteiger partial charge in [-0.05, 0) is 31.5 Å². The third kappa shape index (κ3) is 3.10. The van der Waals surface area contributed by atoms with Crippen molar-refractivity contribution in [1.82, 2.24) is 14.9 Å². The number of benzene rings is 1. The number of aromatic amines is 1. The number of rotatable bonds is 2. The zero-order chi connectivity index (χ0) is 15.9. The molecular formula is C15H18F3N3O. The summed E-state index contributed by atoms with van der Waals surface area (Å²) in [6.07, 6.45) is -4.30. The van der Waals surface area contributed by atoms with Crippen LogP contribution in [-0.4, -0.2) is 40.7 Å². The second kappa shape index (κ2) is 5.55. The standard InChI is InChI=1S/C15H18F3N3O/c1-9-7-21(3-4-22-9)8-11-5-12(15(16,17)18)14-13(6-11)19-10(2)20-14/h5-6,9H,3-4,7-8H2,1-2H3,(H,19,20)/t9-/m1/s1. The van der Waals surface area contributed by atoms with E-state index in [4.69, 9.17) is 4.74 Å². The van der Waals surface area contributed by atoms with E-state index in [0.717, 1.165) is 13.1 Å². The summed E-state index contributed by atoms with van der Waals surface area (Å²) in [5.74, 6) is 0.484. The van der Waals surface area contributed by atoms with E-state index in [-0.39, 0.29) is 11.6 Å². The third-order valence-corrected chi connectivity index (χ3v) is 3.80. The van der Waals surface area contributed by atoms with Gasteiger partial charge in [-0.3, -0.25) is 4.90 Å². The summed E-state index contributed by atoms with van der Waals surface area (Å²) in [5.41, 5.74) is 0.385. The van der Waals surface area contributed by atoms with Gasteiger partial charge in [0.25, 0.3) is 0 Å². The minimum Gasteiger partial charge on any atom is -0.376 e. The number of nitrogens with one attached hydrogen (secondary N) is 1. The maximum atomic E-state index is 13.3. The Labute approximate surface area is 126 Å². The Bertz CT molecular complexity index is 680. The van der Waals surface area contributed by atoms with Gasteiger partial charge in [-0.2, -0.15) is 13.2 Å². The summed E-state index contributed by atoms with van der Waals surface area (Å²) in [5, 5.41) is 0. The van der Waals surface area contributed by atoms with Crippen molar-refractivity contribution in [1.29, 1.82) is 0 Å². The fourth-order valence-corrected chi connectivity index (χ4v) is 2.90. The van der Waals surface area contributed by atoms with Gasteiger partial charge in [-0.25, -0.2) is 4.98 Å². The number of H-pyrrole nitrogens is 1. The minimum atomic E-state index is -4.41. The molecule has 22 heavy (non-hydrogen) atoms. The van der Waals surface area contributed by atoms with Crippen LogP contribution in [0.25, 0.3) is 11.0 Å². The van der Waals surface area contributed by atoms with Gasteiger partial charge < -0.3 is 9.72 Å². The Kier molecular flexibility index (Phi) is 3.86. The summed E-state index contributed by atoms with van der Waals surface area (Å²) in [6.45, 7) is 6.16. The highest BCUT2D eigenvalue weighted by atomic mass is 19.4. The molecule has 1 aliphatic rings. The summed E-state index contributed by atoms with van der Waals surface area (Å²) in [6, 6.07) is 2.97. The first-order valence-electron chi connectivity index (χ1n) is 7.23. The smallest absolute Gasteiger partial charge is 0.376 e. The number of imidazole rings is 1. The quantitative estimate of drug-likeness (QED) is 0.926. The molecule has 1 aromatic heterocycles. The molecule has 0 saturated carbocycles. The molecule has 1 aromatic carbocycles. The highest BCUT2D eigenvalue weighted by molar-refractivity contribution is 5.80. The SMILES string of the molecule is Cc1nc2c(C(F)(F)F)cc(CN3CCO[C@H](C)C3)cc2[nH]1. The molecule has 0 radical (unpaired) electrons. The minimum absolute atomic E-state index is 0.0101. The maximum Gasteiger partial charge on any atom is 0.418 e. The van der Waals surface area contributed by atoms with E-state index in [1.807, 2.05) is 6.92 Å². The Hall–Kier alpha value is -1.60. The van der Waals surface area contributed by atoms with Crippen molar-refractivity contribution in [2.75, 3.05) is 19.7 Å². The number of fused-ring (bicyclic) bond motifs is 1. The monoisotopic (exact) mass is 313 g/mol. The van der Waals surface area contributed by atoms with E-state index in [1.165, 1.54) is 6.07 Å². The van der Waals surface area contributed by atoms with E-state index in [1.54, 1.807) is 13.0 Å². The first kappa shape index (κ1) is 15.3. The lowest BCUT2D eigenvalue weighted by molar-refractivity contribution is -0.136. The predicted molar refractivity (Wildman–Crippen MR) is 76.5 cm³/mol. The predicted octanol–water partition coefficient (Wildman–Crippen LogP) is 3.11. The molecule has 7 heteroatoms. The zero-order valence-corrected chi connectivity index (χ0v) is 12.5. The van der Waals surface area contributed by atoms with Gasteiger partial charge >= 0.3 is 6.18 Å². The van der Waals surface area contributed by atoms with Crippen molar-refractivity contribution in [2.24, 2.45) is 0 Å². The van der Waals surface area contributed by atoms with Crippen LogP contribution in [0.3, 0.4) is 0 Å². The molecule has 0 aliphatic carbocycles. The van der Waals surface area contributed by atoms with Crippen molar-refractivity contribution in [3.63, 3.8) is 0 Å². The number of nitrogens with zero attached hydrogens (tertiary/aromatic N) is 2.